The van der Waals surface area contributed by atoms with Crippen molar-refractivity contribution < 1.29 is 4.74 Å². The molecule has 1 atom stereocenters. The fourth-order valence-corrected chi connectivity index (χ4v) is 2.27. The summed E-state index contributed by atoms with van der Waals surface area (Å²) in [6, 6.07) is 7.79. The highest BCUT2D eigenvalue weighted by atomic mass is 79.9. The molecule has 1 heterocycles. The zero-order valence-electron chi connectivity index (χ0n) is 9.09. The predicted octanol–water partition coefficient (Wildman–Crippen LogP) is 2.91. The molecule has 1 saturated heterocycles. The highest BCUT2D eigenvalue weighted by Gasteiger charge is 2.29. The molecule has 4 heteroatoms. The van der Waals surface area contributed by atoms with Crippen LogP contribution in [0.3, 0.4) is 0 Å². The van der Waals surface area contributed by atoms with Crippen molar-refractivity contribution in [1.82, 2.24) is 0 Å². The number of rotatable bonds is 2. The smallest absolute Gasteiger partial charge is 0.100 e. The summed E-state index contributed by atoms with van der Waals surface area (Å²) in [5.74, 6) is 0. The first-order valence-corrected chi connectivity index (χ1v) is 5.98. The van der Waals surface area contributed by atoms with Crippen molar-refractivity contribution in [2.75, 3.05) is 18.5 Å². The van der Waals surface area contributed by atoms with Gasteiger partial charge in [-0.1, -0.05) is 0 Å². The van der Waals surface area contributed by atoms with Gasteiger partial charge in [0.15, 0.2) is 0 Å². The van der Waals surface area contributed by atoms with Crippen LogP contribution in [0.15, 0.2) is 22.7 Å². The molecule has 0 amide bonds. The Balaban J connectivity index is 2.16. The Morgan fingerprint density at radius 3 is 2.94 bits per heavy atom. The average Bonchev–Trinajstić information content (AvgIpc) is 2.65. The van der Waals surface area contributed by atoms with Gasteiger partial charge in [0, 0.05) is 16.8 Å². The van der Waals surface area contributed by atoms with Gasteiger partial charge in [0.25, 0.3) is 0 Å². The molecule has 0 saturated carbocycles. The van der Waals surface area contributed by atoms with E-state index in [2.05, 4.69) is 34.2 Å². The second-order valence-corrected chi connectivity index (χ2v) is 5.15. The second-order valence-electron chi connectivity index (χ2n) is 4.29. The third-order valence-electron chi connectivity index (χ3n) is 2.75. The number of hydrogen-bond acceptors (Lipinski definition) is 3. The molecule has 0 aliphatic carbocycles. The summed E-state index contributed by atoms with van der Waals surface area (Å²) in [6.45, 7) is 3.68. The van der Waals surface area contributed by atoms with Gasteiger partial charge in [-0.25, -0.2) is 0 Å². The van der Waals surface area contributed by atoms with E-state index in [4.69, 9.17) is 10.00 Å². The van der Waals surface area contributed by atoms with E-state index < -0.39 is 0 Å². The molecule has 1 aromatic carbocycles. The minimum absolute atomic E-state index is 0.00754. The normalized spacial score (nSPS) is 24.1. The molecule has 0 aromatic heterocycles. The topological polar surface area (TPSA) is 45.0 Å². The SMILES string of the molecule is CC1(Nc2ccc(C#N)c(Br)c2)CCOC1. The lowest BCUT2D eigenvalue weighted by atomic mass is 10.0. The predicted molar refractivity (Wildman–Crippen MR) is 66.3 cm³/mol. The first kappa shape index (κ1) is 11.4. The molecule has 1 unspecified atom stereocenters. The third kappa shape index (κ3) is 2.37. The molecule has 16 heavy (non-hydrogen) atoms. The molecule has 1 aliphatic heterocycles. The zero-order valence-corrected chi connectivity index (χ0v) is 10.7. The van der Waals surface area contributed by atoms with Gasteiger partial charge in [0.05, 0.1) is 17.7 Å². The molecule has 1 aliphatic rings. The molecule has 1 N–H and O–H groups in total. The Kier molecular flexibility index (Phi) is 3.17. The van der Waals surface area contributed by atoms with Gasteiger partial charge in [-0.2, -0.15) is 5.26 Å². The molecule has 3 nitrogen and oxygen atoms in total. The quantitative estimate of drug-likeness (QED) is 0.906. The lowest BCUT2D eigenvalue weighted by Gasteiger charge is -2.25. The maximum absolute atomic E-state index is 8.82. The lowest BCUT2D eigenvalue weighted by molar-refractivity contribution is 0.185. The van der Waals surface area contributed by atoms with Gasteiger partial charge in [-0.3, -0.25) is 0 Å². The molecular weight excluding hydrogens is 268 g/mol. The van der Waals surface area contributed by atoms with E-state index in [0.717, 1.165) is 29.8 Å². The summed E-state index contributed by atoms with van der Waals surface area (Å²) in [5.41, 5.74) is 1.67. The summed E-state index contributed by atoms with van der Waals surface area (Å²) in [7, 11) is 0. The van der Waals surface area contributed by atoms with Crippen LogP contribution >= 0.6 is 15.9 Å². The van der Waals surface area contributed by atoms with Crippen LogP contribution in [-0.4, -0.2) is 18.8 Å². The standard InChI is InChI=1S/C12H13BrN2O/c1-12(4-5-16-8-12)15-10-3-2-9(7-14)11(13)6-10/h2-3,6,15H,4-5,8H2,1H3. The summed E-state index contributed by atoms with van der Waals surface area (Å²) >= 11 is 3.38. The number of nitriles is 1. The van der Waals surface area contributed by atoms with E-state index in [0.29, 0.717) is 5.56 Å². The molecule has 0 bridgehead atoms. The largest absolute Gasteiger partial charge is 0.379 e. The number of nitrogens with zero attached hydrogens (tertiary/aromatic N) is 1. The fraction of sp³-hybridized carbons (Fsp3) is 0.417. The number of anilines is 1. The maximum atomic E-state index is 8.82. The van der Waals surface area contributed by atoms with Gasteiger partial charge in [0.2, 0.25) is 0 Å². The van der Waals surface area contributed by atoms with Crippen LogP contribution in [0.25, 0.3) is 0 Å². The summed E-state index contributed by atoms with van der Waals surface area (Å²) < 4.78 is 6.20. The molecule has 84 valence electrons. The molecule has 1 fully saturated rings. The molecular formula is C12H13BrN2O. The fourth-order valence-electron chi connectivity index (χ4n) is 1.80. The molecule has 2 rings (SSSR count). The maximum Gasteiger partial charge on any atom is 0.100 e. The van der Waals surface area contributed by atoms with Crippen molar-refractivity contribution in [3.63, 3.8) is 0 Å². The van der Waals surface area contributed by atoms with Crippen LogP contribution in [0.5, 0.6) is 0 Å². The summed E-state index contributed by atoms with van der Waals surface area (Å²) in [5, 5.41) is 12.3. The van der Waals surface area contributed by atoms with Crippen LogP contribution in [0.2, 0.25) is 0 Å². The van der Waals surface area contributed by atoms with Gasteiger partial charge in [-0.05, 0) is 47.5 Å². The van der Waals surface area contributed by atoms with E-state index in [1.807, 2.05) is 18.2 Å². The van der Waals surface area contributed by atoms with Crippen molar-refractivity contribution in [3.05, 3.63) is 28.2 Å². The highest BCUT2D eigenvalue weighted by molar-refractivity contribution is 9.10. The zero-order chi connectivity index (χ0) is 11.6. The van der Waals surface area contributed by atoms with Crippen molar-refractivity contribution in [3.8, 4) is 6.07 Å². The highest BCUT2D eigenvalue weighted by Crippen LogP contribution is 2.27. The first-order valence-electron chi connectivity index (χ1n) is 5.19. The van der Waals surface area contributed by atoms with Crippen molar-refractivity contribution >= 4 is 21.6 Å². The van der Waals surface area contributed by atoms with Crippen molar-refractivity contribution in [1.29, 1.82) is 5.26 Å². The van der Waals surface area contributed by atoms with E-state index in [9.17, 15) is 0 Å². The Morgan fingerprint density at radius 2 is 2.38 bits per heavy atom. The Bertz CT molecular complexity index is 433. The van der Waals surface area contributed by atoms with Crippen LogP contribution in [-0.2, 0) is 4.74 Å². The Hall–Kier alpha value is -1.05. The number of nitrogens with one attached hydrogen (secondary N) is 1. The second kappa shape index (κ2) is 4.44. The number of hydrogen-bond donors (Lipinski definition) is 1. The molecule has 0 radical (unpaired) electrons. The average molecular weight is 281 g/mol. The third-order valence-corrected chi connectivity index (χ3v) is 3.41. The van der Waals surface area contributed by atoms with Crippen LogP contribution in [0.1, 0.15) is 18.9 Å². The number of halogens is 1. The minimum Gasteiger partial charge on any atom is -0.379 e. The molecule has 0 spiro atoms. The van der Waals surface area contributed by atoms with Gasteiger partial charge >= 0.3 is 0 Å². The van der Waals surface area contributed by atoms with Crippen LogP contribution in [0.4, 0.5) is 5.69 Å². The van der Waals surface area contributed by atoms with Gasteiger partial charge in [0.1, 0.15) is 6.07 Å². The number of ether oxygens (including phenoxy) is 1. The van der Waals surface area contributed by atoms with E-state index in [1.165, 1.54) is 0 Å². The summed E-state index contributed by atoms with van der Waals surface area (Å²) in [6.07, 6.45) is 1.00. The van der Waals surface area contributed by atoms with Crippen LogP contribution < -0.4 is 5.32 Å². The van der Waals surface area contributed by atoms with E-state index in [-0.39, 0.29) is 5.54 Å². The van der Waals surface area contributed by atoms with Crippen molar-refractivity contribution in [2.45, 2.75) is 18.9 Å². The van der Waals surface area contributed by atoms with E-state index >= 15 is 0 Å². The van der Waals surface area contributed by atoms with Crippen molar-refractivity contribution in [2.24, 2.45) is 0 Å². The lowest BCUT2D eigenvalue weighted by Crippen LogP contribution is -2.34. The number of benzene rings is 1. The monoisotopic (exact) mass is 280 g/mol. The first-order chi connectivity index (χ1) is 7.63. The summed E-state index contributed by atoms with van der Waals surface area (Å²) in [4.78, 5) is 0. The minimum atomic E-state index is 0.00754. The Morgan fingerprint density at radius 1 is 1.56 bits per heavy atom. The van der Waals surface area contributed by atoms with Gasteiger partial charge < -0.3 is 10.1 Å². The van der Waals surface area contributed by atoms with Crippen LogP contribution in [0, 0.1) is 11.3 Å². The van der Waals surface area contributed by atoms with E-state index in [1.54, 1.807) is 0 Å². The van der Waals surface area contributed by atoms with Gasteiger partial charge in [-0.15, -0.1) is 0 Å². The molecule has 1 aromatic rings. The Labute approximate surface area is 104 Å².